The lowest BCUT2D eigenvalue weighted by molar-refractivity contribution is 0.560. The van der Waals surface area contributed by atoms with Crippen LogP contribution in [-0.4, -0.2) is 15.4 Å². The zero-order valence-corrected chi connectivity index (χ0v) is 11.0. The van der Waals surface area contributed by atoms with Crippen molar-refractivity contribution in [3.05, 3.63) is 46.5 Å². The average molecular weight is 247 g/mol. The second-order valence-electron chi connectivity index (χ2n) is 4.73. The first-order valence-electron chi connectivity index (χ1n) is 6.23. The monoisotopic (exact) mass is 247 g/mol. The van der Waals surface area contributed by atoms with Gasteiger partial charge in [-0.05, 0) is 48.9 Å². The molecule has 96 valence electrons. The highest BCUT2D eigenvalue weighted by Crippen LogP contribution is 2.27. The van der Waals surface area contributed by atoms with Gasteiger partial charge in [0, 0.05) is 6.42 Å². The number of aromatic nitrogens is 3. The fourth-order valence-corrected chi connectivity index (χ4v) is 2.17. The second kappa shape index (κ2) is 5.29. The predicted molar refractivity (Wildman–Crippen MR) is 69.0 cm³/mol. The Kier molecular flexibility index (Phi) is 3.75. The molecule has 1 heterocycles. The minimum atomic E-state index is -0.117. The Balaban J connectivity index is 2.30. The van der Waals surface area contributed by atoms with Gasteiger partial charge in [0.1, 0.15) is 5.82 Å². The van der Waals surface area contributed by atoms with E-state index in [0.717, 1.165) is 28.8 Å². The topological polar surface area (TPSA) is 41.6 Å². The van der Waals surface area contributed by atoms with Gasteiger partial charge < -0.3 is 0 Å². The molecule has 2 aromatic rings. The van der Waals surface area contributed by atoms with Crippen molar-refractivity contribution in [2.45, 2.75) is 39.5 Å². The van der Waals surface area contributed by atoms with Crippen LogP contribution in [0.2, 0.25) is 0 Å². The summed E-state index contributed by atoms with van der Waals surface area (Å²) in [4.78, 5) is 0. The summed E-state index contributed by atoms with van der Waals surface area (Å²) in [6, 6.07) is 3.58. The van der Waals surface area contributed by atoms with E-state index in [9.17, 15) is 4.39 Å². The molecular weight excluding hydrogens is 229 g/mol. The van der Waals surface area contributed by atoms with Crippen LogP contribution >= 0.6 is 0 Å². The molecule has 0 spiro atoms. The molecule has 1 atom stereocenters. The maximum Gasteiger partial charge on any atom is 0.126 e. The van der Waals surface area contributed by atoms with Crippen molar-refractivity contribution < 1.29 is 4.39 Å². The molecule has 4 heteroatoms. The number of nitrogens with one attached hydrogen (secondary N) is 1. The normalized spacial score (nSPS) is 12.7. The molecule has 1 aromatic carbocycles. The Bertz CT molecular complexity index is 520. The van der Waals surface area contributed by atoms with Crippen LogP contribution in [0.15, 0.2) is 18.3 Å². The van der Waals surface area contributed by atoms with Crippen molar-refractivity contribution in [1.82, 2.24) is 15.4 Å². The number of hydrogen-bond acceptors (Lipinski definition) is 2. The van der Waals surface area contributed by atoms with E-state index in [0.29, 0.717) is 6.42 Å². The van der Waals surface area contributed by atoms with Gasteiger partial charge in [0.25, 0.3) is 0 Å². The Morgan fingerprint density at radius 3 is 2.61 bits per heavy atom. The molecule has 0 fully saturated rings. The number of rotatable bonds is 4. The van der Waals surface area contributed by atoms with Gasteiger partial charge in [-0.25, -0.2) is 4.39 Å². The Morgan fingerprint density at radius 1 is 1.28 bits per heavy atom. The molecule has 2 rings (SSSR count). The van der Waals surface area contributed by atoms with Gasteiger partial charge in [0.2, 0.25) is 0 Å². The first-order chi connectivity index (χ1) is 8.61. The summed E-state index contributed by atoms with van der Waals surface area (Å²) in [5, 5.41) is 10.4. The first kappa shape index (κ1) is 12.7. The van der Waals surface area contributed by atoms with E-state index in [2.05, 4.69) is 22.3 Å². The molecule has 0 saturated heterocycles. The molecule has 1 aromatic heterocycles. The van der Waals surface area contributed by atoms with E-state index in [1.54, 1.807) is 12.3 Å². The number of halogens is 1. The van der Waals surface area contributed by atoms with Crippen molar-refractivity contribution in [1.29, 1.82) is 0 Å². The van der Waals surface area contributed by atoms with Crippen LogP contribution in [0.25, 0.3) is 0 Å². The summed E-state index contributed by atoms with van der Waals surface area (Å²) < 4.78 is 14.1. The van der Waals surface area contributed by atoms with Crippen LogP contribution in [0, 0.1) is 19.7 Å². The Hall–Kier alpha value is -1.71. The fourth-order valence-electron chi connectivity index (χ4n) is 2.17. The van der Waals surface area contributed by atoms with Crippen LogP contribution in [0.5, 0.6) is 0 Å². The third kappa shape index (κ3) is 2.58. The van der Waals surface area contributed by atoms with Gasteiger partial charge in [-0.1, -0.05) is 13.0 Å². The lowest BCUT2D eigenvalue weighted by Crippen LogP contribution is -2.06. The van der Waals surface area contributed by atoms with Crippen molar-refractivity contribution in [2.24, 2.45) is 0 Å². The standard InChI is InChI=1S/C14H18FN3/c1-4-11(7-12-8-16-18-17-12)13-5-9(2)10(3)6-14(13)15/h5-6,8,11H,4,7H2,1-3H3,(H,16,17,18). The lowest BCUT2D eigenvalue weighted by Gasteiger charge is -2.16. The van der Waals surface area contributed by atoms with E-state index in [1.807, 2.05) is 19.9 Å². The van der Waals surface area contributed by atoms with Gasteiger partial charge >= 0.3 is 0 Å². The van der Waals surface area contributed by atoms with Gasteiger partial charge in [-0.15, -0.1) is 0 Å². The second-order valence-corrected chi connectivity index (χ2v) is 4.73. The number of aryl methyl sites for hydroxylation is 2. The highest BCUT2D eigenvalue weighted by molar-refractivity contribution is 5.33. The summed E-state index contributed by atoms with van der Waals surface area (Å²) in [6.45, 7) is 6.02. The minimum absolute atomic E-state index is 0.117. The largest absolute Gasteiger partial charge is 0.207 e. The molecule has 0 aliphatic heterocycles. The zero-order chi connectivity index (χ0) is 13.1. The highest BCUT2D eigenvalue weighted by atomic mass is 19.1. The molecular formula is C14H18FN3. The predicted octanol–water partition coefficient (Wildman–Crippen LogP) is 3.30. The molecule has 0 radical (unpaired) electrons. The maximum atomic E-state index is 14.1. The first-order valence-corrected chi connectivity index (χ1v) is 6.23. The van der Waals surface area contributed by atoms with Crippen molar-refractivity contribution >= 4 is 0 Å². The van der Waals surface area contributed by atoms with E-state index in [-0.39, 0.29) is 11.7 Å². The smallest absolute Gasteiger partial charge is 0.126 e. The Labute approximate surface area is 106 Å². The third-order valence-electron chi connectivity index (χ3n) is 3.47. The number of hydrogen-bond donors (Lipinski definition) is 1. The lowest BCUT2D eigenvalue weighted by atomic mass is 9.89. The third-order valence-corrected chi connectivity index (χ3v) is 3.47. The van der Waals surface area contributed by atoms with E-state index in [1.165, 1.54) is 0 Å². The van der Waals surface area contributed by atoms with Crippen LogP contribution < -0.4 is 0 Å². The average Bonchev–Trinajstić information content (AvgIpc) is 2.84. The summed E-state index contributed by atoms with van der Waals surface area (Å²) in [6.07, 6.45) is 3.29. The number of benzene rings is 1. The summed E-state index contributed by atoms with van der Waals surface area (Å²) in [5.74, 6) is 0.0304. The molecule has 0 saturated carbocycles. The molecule has 1 unspecified atom stereocenters. The van der Waals surface area contributed by atoms with Gasteiger partial charge in [-0.2, -0.15) is 15.4 Å². The molecule has 0 aliphatic rings. The molecule has 1 N–H and O–H groups in total. The molecule has 18 heavy (non-hydrogen) atoms. The van der Waals surface area contributed by atoms with Gasteiger partial charge in [0.15, 0.2) is 0 Å². The van der Waals surface area contributed by atoms with Crippen molar-refractivity contribution in [3.63, 3.8) is 0 Å². The molecule has 0 bridgehead atoms. The SMILES string of the molecule is CCC(Cc1cn[nH]n1)c1cc(C)c(C)cc1F. The molecule has 0 aliphatic carbocycles. The number of H-pyrrole nitrogens is 1. The number of nitrogens with zero attached hydrogens (tertiary/aromatic N) is 2. The number of aromatic amines is 1. The summed E-state index contributed by atoms with van der Waals surface area (Å²) in [5.41, 5.74) is 3.78. The highest BCUT2D eigenvalue weighted by Gasteiger charge is 2.17. The van der Waals surface area contributed by atoms with Crippen LogP contribution in [0.3, 0.4) is 0 Å². The molecule has 0 amide bonds. The Morgan fingerprint density at radius 2 is 2.00 bits per heavy atom. The van der Waals surface area contributed by atoms with E-state index >= 15 is 0 Å². The van der Waals surface area contributed by atoms with Crippen LogP contribution in [0.1, 0.15) is 41.6 Å². The fraction of sp³-hybridized carbons (Fsp3) is 0.429. The van der Waals surface area contributed by atoms with E-state index in [4.69, 9.17) is 0 Å². The minimum Gasteiger partial charge on any atom is -0.207 e. The van der Waals surface area contributed by atoms with Gasteiger partial charge in [0.05, 0.1) is 11.9 Å². The van der Waals surface area contributed by atoms with Crippen molar-refractivity contribution in [2.75, 3.05) is 0 Å². The zero-order valence-electron chi connectivity index (χ0n) is 11.0. The molecule has 3 nitrogen and oxygen atoms in total. The van der Waals surface area contributed by atoms with Crippen molar-refractivity contribution in [3.8, 4) is 0 Å². The maximum absolute atomic E-state index is 14.1. The van der Waals surface area contributed by atoms with Gasteiger partial charge in [-0.3, -0.25) is 0 Å². The van der Waals surface area contributed by atoms with Crippen LogP contribution in [-0.2, 0) is 6.42 Å². The van der Waals surface area contributed by atoms with E-state index < -0.39 is 0 Å². The summed E-state index contributed by atoms with van der Waals surface area (Å²) >= 11 is 0. The summed E-state index contributed by atoms with van der Waals surface area (Å²) in [7, 11) is 0. The van der Waals surface area contributed by atoms with Crippen LogP contribution in [0.4, 0.5) is 4.39 Å². The quantitative estimate of drug-likeness (QED) is 0.900.